The van der Waals surface area contributed by atoms with Crippen LogP contribution in [0.15, 0.2) is 0 Å². The van der Waals surface area contributed by atoms with E-state index in [0.717, 1.165) is 54.0 Å². The molecule has 0 aromatic carbocycles. The highest BCUT2D eigenvalue weighted by molar-refractivity contribution is 4.96. The molecule has 12 rings (SSSR count). The molecule has 12 unspecified atom stereocenters. The van der Waals surface area contributed by atoms with Crippen molar-refractivity contribution in [2.45, 2.75) is 94.0 Å². The first kappa shape index (κ1) is 21.5. The molecule has 0 radical (unpaired) electrons. The van der Waals surface area contributed by atoms with Gasteiger partial charge in [0.05, 0.1) is 19.6 Å². The molecule has 12 atom stereocenters. The van der Waals surface area contributed by atoms with Crippen LogP contribution in [0.3, 0.4) is 0 Å². The van der Waals surface area contributed by atoms with Crippen LogP contribution in [0.5, 0.6) is 0 Å². The van der Waals surface area contributed by atoms with Crippen LogP contribution < -0.4 is 65.6 Å². The van der Waals surface area contributed by atoms with Gasteiger partial charge in [0, 0.05) is 56.3 Å². The number of nitrogens with one attached hydrogen (secondary N) is 3. The summed E-state index contributed by atoms with van der Waals surface area (Å²) >= 11 is 0. The second kappa shape index (κ2) is 7.78. The highest BCUT2D eigenvalue weighted by Crippen LogP contribution is 2.35. The summed E-state index contributed by atoms with van der Waals surface area (Å²) in [6.07, 6.45) is 14.1. The zero-order chi connectivity index (χ0) is 15.4. The lowest BCUT2D eigenvalue weighted by Crippen LogP contribution is -3.00. The van der Waals surface area contributed by atoms with Gasteiger partial charge in [0.15, 0.2) is 0 Å². The van der Waals surface area contributed by atoms with Crippen molar-refractivity contribution < 1.29 is 65.6 Å². The monoisotopic (exact) mass is 567 g/mol. The largest absolute Gasteiger partial charge is 1.00 e. The zero-order valence-electron chi connectivity index (χ0n) is 16.3. The first-order chi connectivity index (χ1) is 11.8. The van der Waals surface area contributed by atoms with Gasteiger partial charge in [-0.25, -0.2) is 0 Å². The molecule has 0 amide bonds. The van der Waals surface area contributed by atoms with Crippen molar-refractivity contribution in [3.05, 3.63) is 0 Å². The SMILES string of the molecule is C1CC2C3CC1C[NH+]23.C1CC2C3CC1C[NH+]23.C1CC2C3CC1C[NH+]23.[Br-].[Br-].[Br-]. The maximum atomic E-state index is 1.96. The minimum atomic E-state index is 0. The van der Waals surface area contributed by atoms with E-state index < -0.39 is 0 Å². The summed E-state index contributed by atoms with van der Waals surface area (Å²) in [6, 6.07) is 6.94. The van der Waals surface area contributed by atoms with Gasteiger partial charge in [-0.2, -0.15) is 0 Å². The predicted octanol–water partition coefficient (Wildman–Crippen LogP) is -10.7. The maximum absolute atomic E-state index is 1.96. The standard InChI is InChI=1S/3C7H11N.3BrH/c3*1-2-6-7-3-5(1)4-8(6)7;;;/h3*5-7H,1-4H2;3*1H. The minimum absolute atomic E-state index is 0. The molecule has 27 heavy (non-hydrogen) atoms. The van der Waals surface area contributed by atoms with Crippen molar-refractivity contribution in [2.24, 2.45) is 17.8 Å². The van der Waals surface area contributed by atoms with Crippen LogP contribution in [-0.2, 0) is 0 Å². The van der Waals surface area contributed by atoms with Crippen molar-refractivity contribution >= 4 is 0 Å². The van der Waals surface area contributed by atoms with Crippen LogP contribution >= 0.6 is 0 Å². The van der Waals surface area contributed by atoms with E-state index in [2.05, 4.69) is 0 Å². The van der Waals surface area contributed by atoms with E-state index in [1.807, 2.05) is 14.7 Å². The van der Waals surface area contributed by atoms with Crippen LogP contribution in [0.2, 0.25) is 0 Å². The lowest BCUT2D eigenvalue weighted by Gasteiger charge is -2.14. The zero-order valence-corrected chi connectivity index (χ0v) is 21.1. The van der Waals surface area contributed by atoms with Crippen molar-refractivity contribution in [3.63, 3.8) is 0 Å². The van der Waals surface area contributed by atoms with Crippen molar-refractivity contribution in [2.75, 3.05) is 19.6 Å². The number of hydrogen-bond acceptors (Lipinski definition) is 0. The topological polar surface area (TPSA) is 13.3 Å². The first-order valence-electron chi connectivity index (χ1n) is 11.4. The summed E-state index contributed by atoms with van der Waals surface area (Å²) in [5, 5.41) is 0. The Bertz CT molecular complexity index is 424. The normalized spacial score (nSPS) is 58.7. The fraction of sp³-hybridized carbons (Fsp3) is 1.00. The molecule has 3 N–H and O–H groups in total. The Morgan fingerprint density at radius 2 is 0.667 bits per heavy atom. The lowest BCUT2D eigenvalue weighted by atomic mass is 9.89. The fourth-order valence-electron chi connectivity index (χ4n) is 8.58. The Balaban J connectivity index is 0.0000000947. The molecule has 3 aliphatic carbocycles. The third-order valence-corrected chi connectivity index (χ3v) is 9.98. The van der Waals surface area contributed by atoms with E-state index in [-0.39, 0.29) is 50.9 Å². The smallest absolute Gasteiger partial charge is 0.141 e. The molecule has 9 saturated heterocycles. The molecule has 9 aliphatic heterocycles. The quantitative estimate of drug-likeness (QED) is 0.240. The van der Waals surface area contributed by atoms with Gasteiger partial charge in [0.1, 0.15) is 36.3 Å². The number of fused-ring (bicyclic) bond motifs is 3. The number of hydrogen-bond donors (Lipinski definition) is 3. The molecule has 0 spiro atoms. The van der Waals surface area contributed by atoms with E-state index >= 15 is 0 Å². The van der Waals surface area contributed by atoms with Crippen LogP contribution in [-0.4, -0.2) is 55.9 Å². The summed E-state index contributed by atoms with van der Waals surface area (Å²) in [4.78, 5) is 5.88. The molecule has 6 heteroatoms. The van der Waals surface area contributed by atoms with E-state index in [1.54, 1.807) is 57.8 Å². The van der Waals surface area contributed by atoms with Crippen molar-refractivity contribution in [1.29, 1.82) is 0 Å². The van der Waals surface area contributed by atoms with Crippen LogP contribution in [0.4, 0.5) is 0 Å². The highest BCUT2D eigenvalue weighted by Gasteiger charge is 2.64. The average Bonchev–Trinajstić information content (AvgIpc) is 3.57. The molecule has 0 aromatic heterocycles. The van der Waals surface area contributed by atoms with Gasteiger partial charge in [0.25, 0.3) is 0 Å². The van der Waals surface area contributed by atoms with E-state index in [9.17, 15) is 0 Å². The Morgan fingerprint density at radius 1 is 0.370 bits per heavy atom. The molecule has 3 nitrogen and oxygen atoms in total. The van der Waals surface area contributed by atoms with Gasteiger partial charge in [0.2, 0.25) is 0 Å². The summed E-state index contributed by atoms with van der Waals surface area (Å²) < 4.78 is 0. The second-order valence-electron chi connectivity index (χ2n) is 11.0. The number of quaternary nitrogens is 3. The number of piperidine rings is 6. The van der Waals surface area contributed by atoms with Crippen molar-refractivity contribution in [1.82, 2.24) is 0 Å². The Morgan fingerprint density at radius 3 is 0.741 bits per heavy atom. The van der Waals surface area contributed by atoms with Crippen molar-refractivity contribution in [3.8, 4) is 0 Å². The van der Waals surface area contributed by atoms with Crippen LogP contribution in [0.25, 0.3) is 0 Å². The molecule has 12 bridgehead atoms. The lowest BCUT2D eigenvalue weighted by molar-refractivity contribution is -0.784. The first-order valence-corrected chi connectivity index (χ1v) is 11.4. The summed E-state index contributed by atoms with van der Waals surface area (Å²) in [5.74, 6) is 3.46. The maximum Gasteiger partial charge on any atom is 0.141 e. The predicted molar refractivity (Wildman–Crippen MR) is 92.2 cm³/mol. The molecule has 3 saturated carbocycles. The number of halogens is 3. The van der Waals surface area contributed by atoms with E-state index in [4.69, 9.17) is 0 Å². The summed E-state index contributed by atoms with van der Waals surface area (Å²) in [5.41, 5.74) is 0. The minimum Gasteiger partial charge on any atom is -1.00 e. The molecular formula is C21H36Br3N3. The Kier molecular flexibility index (Phi) is 6.21. The van der Waals surface area contributed by atoms with Gasteiger partial charge in [-0.3, -0.25) is 0 Å². The molecule has 12 fully saturated rings. The fourth-order valence-corrected chi connectivity index (χ4v) is 8.58. The van der Waals surface area contributed by atoms with Gasteiger partial charge in [-0.15, -0.1) is 0 Å². The Labute approximate surface area is 196 Å². The van der Waals surface area contributed by atoms with Crippen LogP contribution in [0, 0.1) is 17.8 Å². The van der Waals surface area contributed by atoms with Gasteiger partial charge in [-0.1, -0.05) is 0 Å². The molecule has 0 aromatic rings. The van der Waals surface area contributed by atoms with Gasteiger partial charge < -0.3 is 65.6 Å². The summed E-state index contributed by atoms with van der Waals surface area (Å²) in [6.45, 7) is 4.61. The third-order valence-electron chi connectivity index (χ3n) is 9.98. The molecule has 9 heterocycles. The Hall–Kier alpha value is 1.32. The highest BCUT2D eigenvalue weighted by atomic mass is 79.9. The molecule has 12 aliphatic rings. The molecule has 156 valence electrons. The summed E-state index contributed by atoms with van der Waals surface area (Å²) in [7, 11) is 0. The van der Waals surface area contributed by atoms with Gasteiger partial charge >= 0.3 is 0 Å². The second-order valence-corrected chi connectivity index (χ2v) is 11.0. The third kappa shape index (κ3) is 3.54. The van der Waals surface area contributed by atoms with Gasteiger partial charge in [-0.05, 0) is 19.3 Å². The van der Waals surface area contributed by atoms with Crippen LogP contribution in [0.1, 0.15) is 57.8 Å². The number of rotatable bonds is 0. The molecular weight excluding hydrogens is 534 g/mol. The van der Waals surface area contributed by atoms with E-state index in [0.29, 0.717) is 0 Å². The average molecular weight is 570 g/mol. The van der Waals surface area contributed by atoms with E-state index in [1.165, 1.54) is 19.6 Å².